The summed E-state index contributed by atoms with van der Waals surface area (Å²) in [4.78, 5) is 28.7. The summed E-state index contributed by atoms with van der Waals surface area (Å²) in [5, 5.41) is 2.89. The summed E-state index contributed by atoms with van der Waals surface area (Å²) >= 11 is 2.11. The van der Waals surface area contributed by atoms with E-state index in [-0.39, 0.29) is 24.9 Å². The molecule has 0 aliphatic rings. The number of benzene rings is 3. The van der Waals surface area contributed by atoms with Gasteiger partial charge in [0.2, 0.25) is 21.8 Å². The third-order valence-electron chi connectivity index (χ3n) is 5.76. The van der Waals surface area contributed by atoms with Gasteiger partial charge in [-0.15, -0.1) is 0 Å². The number of halogens is 2. The largest absolute Gasteiger partial charge is 0.352 e. The molecular weight excluding hydrogens is 620 g/mol. The molecule has 0 saturated carbocycles. The summed E-state index contributed by atoms with van der Waals surface area (Å²) in [6.07, 6.45) is 1.25. The van der Waals surface area contributed by atoms with Gasteiger partial charge in [-0.1, -0.05) is 42.5 Å². The Balaban J connectivity index is 2.04. The summed E-state index contributed by atoms with van der Waals surface area (Å²) in [6, 6.07) is 20.6. The van der Waals surface area contributed by atoms with E-state index in [0.717, 1.165) is 19.7 Å². The van der Waals surface area contributed by atoms with Crippen molar-refractivity contribution < 1.29 is 22.4 Å². The molecule has 1 unspecified atom stereocenters. The monoisotopic (exact) mass is 651 g/mol. The molecule has 0 radical (unpaired) electrons. The molecule has 3 aromatic rings. The molecule has 0 bridgehead atoms. The summed E-state index contributed by atoms with van der Waals surface area (Å²) < 4.78 is 41.0. The van der Waals surface area contributed by atoms with Crippen LogP contribution in [-0.2, 0) is 32.6 Å². The van der Waals surface area contributed by atoms with Crippen molar-refractivity contribution in [2.24, 2.45) is 0 Å². The summed E-state index contributed by atoms with van der Waals surface area (Å²) in [5.74, 6) is -1.34. The van der Waals surface area contributed by atoms with Gasteiger partial charge >= 0.3 is 0 Å². The SMILES string of the molecule is CC(C)NC(=O)C(Cc1ccccc1)N(Cc1ccc(F)cc1)C(=O)CN(c1ccc(I)cc1)S(C)(=O)=O. The number of rotatable bonds is 11. The highest BCUT2D eigenvalue weighted by Gasteiger charge is 2.33. The van der Waals surface area contributed by atoms with Gasteiger partial charge < -0.3 is 10.2 Å². The van der Waals surface area contributed by atoms with Gasteiger partial charge in [-0.2, -0.15) is 0 Å². The van der Waals surface area contributed by atoms with Crippen LogP contribution in [0.2, 0.25) is 0 Å². The molecule has 1 atom stereocenters. The molecule has 3 aromatic carbocycles. The van der Waals surface area contributed by atoms with Crippen LogP contribution in [0.1, 0.15) is 25.0 Å². The first kappa shape index (κ1) is 29.6. The molecule has 38 heavy (non-hydrogen) atoms. The zero-order valence-corrected chi connectivity index (χ0v) is 24.4. The maximum atomic E-state index is 13.9. The number of nitrogens with one attached hydrogen (secondary N) is 1. The Hall–Kier alpha value is -2.99. The smallest absolute Gasteiger partial charge is 0.244 e. The second-order valence-electron chi connectivity index (χ2n) is 9.26. The van der Waals surface area contributed by atoms with E-state index in [2.05, 4.69) is 27.9 Å². The van der Waals surface area contributed by atoms with Crippen LogP contribution in [0.15, 0.2) is 78.9 Å². The molecule has 10 heteroatoms. The molecule has 3 rings (SSSR count). The number of hydrogen-bond donors (Lipinski definition) is 1. The van der Waals surface area contributed by atoms with Crippen molar-refractivity contribution in [2.75, 3.05) is 17.1 Å². The Morgan fingerprint density at radius 1 is 0.921 bits per heavy atom. The van der Waals surface area contributed by atoms with Crippen molar-refractivity contribution >= 4 is 50.1 Å². The van der Waals surface area contributed by atoms with Crippen molar-refractivity contribution in [1.82, 2.24) is 10.2 Å². The van der Waals surface area contributed by atoms with Crippen LogP contribution >= 0.6 is 22.6 Å². The molecule has 202 valence electrons. The first-order valence-electron chi connectivity index (χ1n) is 12.1. The average Bonchev–Trinajstić information content (AvgIpc) is 2.86. The Kier molecular flexibility index (Phi) is 10.3. The summed E-state index contributed by atoms with van der Waals surface area (Å²) in [5.41, 5.74) is 1.79. The van der Waals surface area contributed by atoms with Crippen LogP contribution in [0.25, 0.3) is 0 Å². The van der Waals surface area contributed by atoms with Crippen molar-refractivity contribution in [1.29, 1.82) is 0 Å². The lowest BCUT2D eigenvalue weighted by atomic mass is 10.0. The average molecular weight is 652 g/mol. The van der Waals surface area contributed by atoms with Gasteiger partial charge in [-0.05, 0) is 84.0 Å². The number of carbonyl (C=O) groups excluding carboxylic acids is 2. The minimum absolute atomic E-state index is 0.00752. The molecular formula is C28H31FIN3O4S. The third-order valence-corrected chi connectivity index (χ3v) is 7.62. The molecule has 0 heterocycles. The molecule has 0 saturated heterocycles. The van der Waals surface area contributed by atoms with Crippen molar-refractivity contribution in [3.8, 4) is 0 Å². The van der Waals surface area contributed by atoms with Crippen LogP contribution < -0.4 is 9.62 Å². The number of hydrogen-bond acceptors (Lipinski definition) is 4. The highest BCUT2D eigenvalue weighted by atomic mass is 127. The van der Waals surface area contributed by atoms with E-state index >= 15 is 0 Å². The van der Waals surface area contributed by atoms with Gasteiger partial charge in [-0.3, -0.25) is 13.9 Å². The van der Waals surface area contributed by atoms with E-state index < -0.39 is 34.3 Å². The van der Waals surface area contributed by atoms with E-state index in [1.807, 2.05) is 44.2 Å². The molecule has 7 nitrogen and oxygen atoms in total. The Labute approximate surface area is 237 Å². The van der Waals surface area contributed by atoms with E-state index in [0.29, 0.717) is 11.3 Å². The fraction of sp³-hybridized carbons (Fsp3) is 0.286. The van der Waals surface area contributed by atoms with E-state index in [1.54, 1.807) is 36.4 Å². The topological polar surface area (TPSA) is 86.8 Å². The molecule has 0 fully saturated rings. The first-order valence-corrected chi connectivity index (χ1v) is 15.0. The van der Waals surface area contributed by atoms with E-state index in [4.69, 9.17) is 0 Å². The van der Waals surface area contributed by atoms with Crippen LogP contribution in [0.5, 0.6) is 0 Å². The highest BCUT2D eigenvalue weighted by Crippen LogP contribution is 2.21. The maximum absolute atomic E-state index is 13.9. The predicted octanol–water partition coefficient (Wildman–Crippen LogP) is 4.36. The van der Waals surface area contributed by atoms with Crippen LogP contribution in [0.4, 0.5) is 10.1 Å². The van der Waals surface area contributed by atoms with Crippen LogP contribution in [-0.4, -0.2) is 50.0 Å². The van der Waals surface area contributed by atoms with Gasteiger partial charge in [0.1, 0.15) is 18.4 Å². The number of nitrogens with zero attached hydrogens (tertiary/aromatic N) is 2. The van der Waals surface area contributed by atoms with E-state index in [9.17, 15) is 22.4 Å². The minimum Gasteiger partial charge on any atom is -0.352 e. The zero-order chi connectivity index (χ0) is 27.9. The number of carbonyl (C=O) groups is 2. The second kappa shape index (κ2) is 13.2. The summed E-state index contributed by atoms with van der Waals surface area (Å²) in [7, 11) is -3.83. The van der Waals surface area contributed by atoms with Gasteiger partial charge in [0.25, 0.3) is 0 Å². The van der Waals surface area contributed by atoms with Crippen molar-refractivity contribution in [2.45, 2.75) is 38.9 Å². The minimum atomic E-state index is -3.83. The lowest BCUT2D eigenvalue weighted by Gasteiger charge is -2.34. The normalized spacial score (nSPS) is 12.2. The number of anilines is 1. The van der Waals surface area contributed by atoms with Crippen molar-refractivity contribution in [3.05, 3.63) is 99.4 Å². The molecule has 2 amide bonds. The number of sulfonamides is 1. The van der Waals surface area contributed by atoms with Crippen LogP contribution in [0, 0.1) is 9.39 Å². The highest BCUT2D eigenvalue weighted by molar-refractivity contribution is 14.1. The van der Waals surface area contributed by atoms with Gasteiger partial charge in [-0.25, -0.2) is 12.8 Å². The molecule has 0 aliphatic carbocycles. The standard InChI is InChI=1S/C28H31FIN3O4S/c1-20(2)31-28(35)26(17-21-7-5-4-6-8-21)32(18-22-9-11-23(29)12-10-22)27(34)19-33(38(3,36)37)25-15-13-24(30)14-16-25/h4-16,20,26H,17-19H2,1-3H3,(H,31,35). The Morgan fingerprint density at radius 2 is 1.53 bits per heavy atom. The molecule has 0 aliphatic heterocycles. The first-order chi connectivity index (χ1) is 17.9. The predicted molar refractivity (Wildman–Crippen MR) is 156 cm³/mol. The molecule has 0 spiro atoms. The van der Waals surface area contributed by atoms with Gasteiger partial charge in [0.05, 0.1) is 11.9 Å². The zero-order valence-electron chi connectivity index (χ0n) is 21.5. The van der Waals surface area contributed by atoms with Crippen LogP contribution in [0.3, 0.4) is 0 Å². The van der Waals surface area contributed by atoms with Crippen molar-refractivity contribution in [3.63, 3.8) is 0 Å². The molecule has 0 aromatic heterocycles. The van der Waals surface area contributed by atoms with Gasteiger partial charge in [0, 0.05) is 22.6 Å². The second-order valence-corrected chi connectivity index (χ2v) is 12.4. The van der Waals surface area contributed by atoms with E-state index in [1.165, 1.54) is 17.0 Å². The lowest BCUT2D eigenvalue weighted by Crippen LogP contribution is -2.54. The maximum Gasteiger partial charge on any atom is 0.244 e. The number of amides is 2. The quantitative estimate of drug-likeness (QED) is 0.313. The fourth-order valence-electron chi connectivity index (χ4n) is 3.94. The van der Waals surface area contributed by atoms with Gasteiger partial charge in [0.15, 0.2) is 0 Å². The lowest BCUT2D eigenvalue weighted by molar-refractivity contribution is -0.140. The Morgan fingerprint density at radius 3 is 2.08 bits per heavy atom. The molecule has 1 N–H and O–H groups in total. The fourth-order valence-corrected chi connectivity index (χ4v) is 5.15. The summed E-state index contributed by atoms with van der Waals surface area (Å²) in [6.45, 7) is 3.14. The Bertz CT molecular complexity index is 1330. The third kappa shape index (κ3) is 8.52.